The Morgan fingerprint density at radius 2 is 2.47 bits per heavy atom. The molecule has 2 heterocycles. The van der Waals surface area contributed by atoms with Gasteiger partial charge in [-0.2, -0.15) is 0 Å². The summed E-state index contributed by atoms with van der Waals surface area (Å²) in [6.07, 6.45) is 2.36. The third-order valence-corrected chi connectivity index (χ3v) is 4.52. The second-order valence-corrected chi connectivity index (χ2v) is 5.89. The van der Waals surface area contributed by atoms with Crippen LogP contribution in [-0.2, 0) is 4.74 Å². The van der Waals surface area contributed by atoms with Crippen molar-refractivity contribution in [3.05, 3.63) is 21.9 Å². The van der Waals surface area contributed by atoms with E-state index in [0.717, 1.165) is 30.0 Å². The highest BCUT2D eigenvalue weighted by Gasteiger charge is 2.23. The monoisotopic (exact) mass is 282 g/mol. The molecule has 1 N–H and O–H groups in total. The summed E-state index contributed by atoms with van der Waals surface area (Å²) in [5, 5.41) is 5.42. The molecule has 1 aliphatic rings. The van der Waals surface area contributed by atoms with Crippen LogP contribution in [0.2, 0.25) is 0 Å². The van der Waals surface area contributed by atoms with E-state index in [1.54, 1.807) is 7.11 Å². The van der Waals surface area contributed by atoms with Crippen molar-refractivity contribution in [3.63, 3.8) is 0 Å². The minimum absolute atomic E-state index is 0.137. The van der Waals surface area contributed by atoms with Crippen LogP contribution in [0.4, 0.5) is 0 Å². The summed E-state index contributed by atoms with van der Waals surface area (Å²) in [5.74, 6) is 0.137. The maximum atomic E-state index is 12.6. The Balaban J connectivity index is 2.03. The van der Waals surface area contributed by atoms with E-state index in [2.05, 4.69) is 5.32 Å². The first-order chi connectivity index (χ1) is 9.22. The van der Waals surface area contributed by atoms with Crippen LogP contribution in [0.15, 0.2) is 11.4 Å². The molecule has 0 aliphatic carbocycles. The SMILES string of the molecule is COCCN(CC1CCCN1)C(=O)c1sccc1C. The Morgan fingerprint density at radius 3 is 3.05 bits per heavy atom. The molecule has 1 fully saturated rings. The van der Waals surface area contributed by atoms with Gasteiger partial charge in [0.1, 0.15) is 0 Å². The molecule has 1 saturated heterocycles. The first-order valence-electron chi connectivity index (χ1n) is 6.78. The highest BCUT2D eigenvalue weighted by atomic mass is 32.1. The first kappa shape index (κ1) is 14.5. The molecule has 1 aromatic rings. The van der Waals surface area contributed by atoms with Gasteiger partial charge in [-0.05, 0) is 43.3 Å². The number of methoxy groups -OCH3 is 1. The molecule has 4 nitrogen and oxygen atoms in total. The molecule has 0 aromatic carbocycles. The molecular weight excluding hydrogens is 260 g/mol. The van der Waals surface area contributed by atoms with Crippen molar-refractivity contribution in [2.24, 2.45) is 0 Å². The van der Waals surface area contributed by atoms with Crippen molar-refractivity contribution in [2.45, 2.75) is 25.8 Å². The fourth-order valence-electron chi connectivity index (χ4n) is 2.39. The number of ether oxygens (including phenoxy) is 1. The number of nitrogens with one attached hydrogen (secondary N) is 1. The minimum atomic E-state index is 0.137. The van der Waals surface area contributed by atoms with Gasteiger partial charge in [0, 0.05) is 26.2 Å². The zero-order valence-corrected chi connectivity index (χ0v) is 12.5. The molecule has 0 bridgehead atoms. The van der Waals surface area contributed by atoms with Crippen LogP contribution in [0.1, 0.15) is 28.1 Å². The number of rotatable bonds is 6. The maximum absolute atomic E-state index is 12.6. The number of aryl methyl sites for hydroxylation is 1. The summed E-state index contributed by atoms with van der Waals surface area (Å²) in [6.45, 7) is 5.08. The molecule has 1 unspecified atom stereocenters. The van der Waals surface area contributed by atoms with Crippen molar-refractivity contribution in [1.29, 1.82) is 0 Å². The molecule has 1 aromatic heterocycles. The van der Waals surface area contributed by atoms with Crippen LogP contribution in [0.25, 0.3) is 0 Å². The Labute approximate surface area is 118 Å². The molecular formula is C14H22N2O2S. The number of thiophene rings is 1. The summed E-state index contributed by atoms with van der Waals surface area (Å²) >= 11 is 1.52. The summed E-state index contributed by atoms with van der Waals surface area (Å²) < 4.78 is 5.12. The van der Waals surface area contributed by atoms with Crippen LogP contribution in [0.3, 0.4) is 0 Å². The fraction of sp³-hybridized carbons (Fsp3) is 0.643. The van der Waals surface area contributed by atoms with E-state index in [1.807, 2.05) is 23.3 Å². The lowest BCUT2D eigenvalue weighted by Crippen LogP contribution is -2.42. The van der Waals surface area contributed by atoms with Crippen LogP contribution < -0.4 is 5.32 Å². The number of amides is 1. The second kappa shape index (κ2) is 7.03. The molecule has 1 amide bonds. The quantitative estimate of drug-likeness (QED) is 0.866. The summed E-state index contributed by atoms with van der Waals surface area (Å²) in [7, 11) is 1.67. The minimum Gasteiger partial charge on any atom is -0.383 e. The van der Waals surface area contributed by atoms with E-state index in [0.29, 0.717) is 19.2 Å². The van der Waals surface area contributed by atoms with Gasteiger partial charge in [-0.25, -0.2) is 0 Å². The van der Waals surface area contributed by atoms with Gasteiger partial charge in [0.2, 0.25) is 0 Å². The van der Waals surface area contributed by atoms with E-state index >= 15 is 0 Å². The van der Waals surface area contributed by atoms with Crippen LogP contribution in [-0.4, -0.2) is 50.2 Å². The van der Waals surface area contributed by atoms with Gasteiger partial charge in [-0.15, -0.1) is 11.3 Å². The molecule has 1 aliphatic heterocycles. The normalized spacial score (nSPS) is 18.7. The second-order valence-electron chi connectivity index (χ2n) is 4.97. The Kier molecular flexibility index (Phi) is 5.36. The summed E-state index contributed by atoms with van der Waals surface area (Å²) in [5.41, 5.74) is 1.07. The molecule has 2 rings (SSSR count). The number of hydrogen-bond acceptors (Lipinski definition) is 4. The average molecular weight is 282 g/mol. The zero-order chi connectivity index (χ0) is 13.7. The highest BCUT2D eigenvalue weighted by Crippen LogP contribution is 2.19. The Morgan fingerprint density at radius 1 is 1.63 bits per heavy atom. The van der Waals surface area contributed by atoms with E-state index in [1.165, 1.54) is 17.8 Å². The van der Waals surface area contributed by atoms with Crippen LogP contribution in [0.5, 0.6) is 0 Å². The van der Waals surface area contributed by atoms with Crippen LogP contribution >= 0.6 is 11.3 Å². The van der Waals surface area contributed by atoms with E-state index < -0.39 is 0 Å². The van der Waals surface area contributed by atoms with Crippen molar-refractivity contribution >= 4 is 17.2 Å². The lowest BCUT2D eigenvalue weighted by molar-refractivity contribution is 0.0683. The molecule has 19 heavy (non-hydrogen) atoms. The van der Waals surface area contributed by atoms with Crippen LogP contribution in [0, 0.1) is 6.92 Å². The fourth-order valence-corrected chi connectivity index (χ4v) is 3.28. The zero-order valence-electron chi connectivity index (χ0n) is 11.6. The third-order valence-electron chi connectivity index (χ3n) is 3.51. The van der Waals surface area contributed by atoms with E-state index in [9.17, 15) is 4.79 Å². The van der Waals surface area contributed by atoms with E-state index in [4.69, 9.17) is 4.74 Å². The molecule has 5 heteroatoms. The van der Waals surface area contributed by atoms with Gasteiger partial charge in [0.05, 0.1) is 11.5 Å². The van der Waals surface area contributed by atoms with Gasteiger partial charge in [0.15, 0.2) is 0 Å². The topological polar surface area (TPSA) is 41.6 Å². The van der Waals surface area contributed by atoms with Crippen molar-refractivity contribution in [1.82, 2.24) is 10.2 Å². The Hall–Kier alpha value is -0.910. The van der Waals surface area contributed by atoms with Crippen molar-refractivity contribution < 1.29 is 9.53 Å². The average Bonchev–Trinajstić information content (AvgIpc) is 3.05. The van der Waals surface area contributed by atoms with Crippen molar-refractivity contribution in [3.8, 4) is 0 Å². The number of hydrogen-bond donors (Lipinski definition) is 1. The summed E-state index contributed by atoms with van der Waals surface area (Å²) in [4.78, 5) is 15.4. The van der Waals surface area contributed by atoms with Gasteiger partial charge in [0.25, 0.3) is 5.91 Å². The summed E-state index contributed by atoms with van der Waals surface area (Å²) in [6, 6.07) is 2.43. The van der Waals surface area contributed by atoms with Gasteiger partial charge >= 0.3 is 0 Å². The van der Waals surface area contributed by atoms with Gasteiger partial charge in [-0.1, -0.05) is 0 Å². The predicted octanol–water partition coefficient (Wildman–Crippen LogP) is 1.90. The van der Waals surface area contributed by atoms with E-state index in [-0.39, 0.29) is 5.91 Å². The van der Waals surface area contributed by atoms with Gasteiger partial charge < -0.3 is 15.0 Å². The maximum Gasteiger partial charge on any atom is 0.264 e. The molecule has 0 radical (unpaired) electrons. The number of nitrogens with zero attached hydrogens (tertiary/aromatic N) is 1. The van der Waals surface area contributed by atoms with Crippen molar-refractivity contribution in [2.75, 3.05) is 33.4 Å². The first-order valence-corrected chi connectivity index (χ1v) is 7.66. The lowest BCUT2D eigenvalue weighted by Gasteiger charge is -2.25. The smallest absolute Gasteiger partial charge is 0.264 e. The Bertz CT molecular complexity index is 413. The van der Waals surface area contributed by atoms with Gasteiger partial charge in [-0.3, -0.25) is 4.79 Å². The predicted molar refractivity (Wildman–Crippen MR) is 77.9 cm³/mol. The molecule has 0 spiro atoms. The largest absolute Gasteiger partial charge is 0.383 e. The molecule has 106 valence electrons. The molecule has 0 saturated carbocycles. The highest BCUT2D eigenvalue weighted by molar-refractivity contribution is 7.12. The number of carbonyl (C=O) groups is 1. The lowest BCUT2D eigenvalue weighted by atomic mass is 10.2. The standard InChI is InChI=1S/C14H22N2O2S/c1-11-5-9-19-13(11)14(17)16(7-8-18-2)10-12-4-3-6-15-12/h5,9,12,15H,3-4,6-8,10H2,1-2H3. The third kappa shape index (κ3) is 3.78. The number of carbonyl (C=O) groups excluding carboxylic acids is 1. The molecule has 1 atom stereocenters.